The molecule has 1 aromatic rings. The Morgan fingerprint density at radius 2 is 1.79 bits per heavy atom. The van der Waals surface area contributed by atoms with Crippen molar-refractivity contribution in [2.24, 2.45) is 0 Å². The van der Waals surface area contributed by atoms with Crippen molar-refractivity contribution in [2.45, 2.75) is 51.3 Å². The molecule has 1 amide bonds. The number of nitrogens with one attached hydrogen (secondary N) is 1. The number of unbranched alkanes of at least 4 members (excludes halogenated alkanes) is 2. The molecule has 1 aliphatic heterocycles. The van der Waals surface area contributed by atoms with Gasteiger partial charge >= 0.3 is 6.18 Å². The fourth-order valence-corrected chi connectivity index (χ4v) is 4.74. The summed E-state index contributed by atoms with van der Waals surface area (Å²) in [5.74, 6) is -0.684. The van der Waals surface area contributed by atoms with E-state index in [1.165, 1.54) is 17.3 Å². The highest BCUT2D eigenvalue weighted by Crippen LogP contribution is 2.35. The van der Waals surface area contributed by atoms with Gasteiger partial charge in [0.05, 0.1) is 11.3 Å². The van der Waals surface area contributed by atoms with Crippen molar-refractivity contribution < 1.29 is 31.5 Å². The van der Waals surface area contributed by atoms with Crippen LogP contribution in [0.25, 0.3) is 0 Å². The Hall–Kier alpha value is -1.89. The standard InChI is InChI=1S/C21H33F3N4O4S/c1-3-33(31,32)28-13-11-27(12-14-28)10-6-4-5-9-20(2,30)19(29)26-16-7-8-18(25)17(15-16)21(22,23)24/h7-8,15,30H,3-6,9-14,25H2,1-2H3,(H,26,29). The number of sulfonamides is 1. The Kier molecular flexibility index (Phi) is 9.14. The number of alkyl halides is 3. The summed E-state index contributed by atoms with van der Waals surface area (Å²) in [4.78, 5) is 14.6. The minimum Gasteiger partial charge on any atom is -0.398 e. The highest BCUT2D eigenvalue weighted by atomic mass is 32.2. The third kappa shape index (κ3) is 7.83. The Balaban J connectivity index is 1.74. The third-order valence-corrected chi connectivity index (χ3v) is 7.71. The summed E-state index contributed by atoms with van der Waals surface area (Å²) in [6, 6.07) is 3.06. The molecule has 0 aliphatic carbocycles. The smallest absolute Gasteiger partial charge is 0.398 e. The van der Waals surface area contributed by atoms with Crippen molar-refractivity contribution in [3.05, 3.63) is 23.8 Å². The summed E-state index contributed by atoms with van der Waals surface area (Å²) >= 11 is 0. The maximum atomic E-state index is 13.0. The van der Waals surface area contributed by atoms with Gasteiger partial charge in [-0.2, -0.15) is 17.5 Å². The van der Waals surface area contributed by atoms with E-state index in [4.69, 9.17) is 5.73 Å². The SMILES string of the molecule is CCS(=O)(=O)N1CCN(CCCCCC(C)(O)C(=O)Nc2ccc(N)c(C(F)(F)F)c2)CC1. The molecular weight excluding hydrogens is 461 g/mol. The highest BCUT2D eigenvalue weighted by Gasteiger charge is 2.34. The number of anilines is 2. The number of carbonyl (C=O) groups excluding carboxylic acids is 1. The molecule has 1 saturated heterocycles. The molecule has 188 valence electrons. The molecule has 4 N–H and O–H groups in total. The van der Waals surface area contributed by atoms with Crippen LogP contribution in [-0.4, -0.2) is 72.7 Å². The summed E-state index contributed by atoms with van der Waals surface area (Å²) in [6.07, 6.45) is -2.37. The van der Waals surface area contributed by atoms with E-state index in [0.717, 1.165) is 31.5 Å². The zero-order valence-corrected chi connectivity index (χ0v) is 19.8. The number of nitrogens with zero attached hydrogens (tertiary/aromatic N) is 2. The predicted octanol–water partition coefficient (Wildman–Crippen LogP) is 2.50. The van der Waals surface area contributed by atoms with Crippen LogP contribution in [0.3, 0.4) is 0 Å². The van der Waals surface area contributed by atoms with Crippen molar-refractivity contribution in [2.75, 3.05) is 49.5 Å². The van der Waals surface area contributed by atoms with Gasteiger partial charge in [-0.05, 0) is 51.4 Å². The van der Waals surface area contributed by atoms with E-state index in [0.29, 0.717) is 32.6 Å². The second-order valence-electron chi connectivity index (χ2n) is 8.48. The lowest BCUT2D eigenvalue weighted by molar-refractivity contribution is -0.137. The number of nitrogens with two attached hydrogens (primary N) is 1. The molecule has 8 nitrogen and oxygen atoms in total. The average Bonchev–Trinajstić information content (AvgIpc) is 2.74. The molecule has 1 aliphatic rings. The topological polar surface area (TPSA) is 116 Å². The van der Waals surface area contributed by atoms with E-state index in [-0.39, 0.29) is 17.9 Å². The monoisotopic (exact) mass is 494 g/mol. The van der Waals surface area contributed by atoms with Crippen molar-refractivity contribution in [1.82, 2.24) is 9.21 Å². The molecule has 1 atom stereocenters. The Bertz CT molecular complexity index is 915. The van der Waals surface area contributed by atoms with Crippen LogP contribution in [0.1, 0.15) is 45.1 Å². The predicted molar refractivity (Wildman–Crippen MR) is 121 cm³/mol. The van der Waals surface area contributed by atoms with E-state index in [1.807, 2.05) is 0 Å². The van der Waals surface area contributed by atoms with E-state index in [1.54, 1.807) is 6.92 Å². The number of aliphatic hydroxyl groups is 1. The largest absolute Gasteiger partial charge is 0.418 e. The van der Waals surface area contributed by atoms with Crippen LogP contribution < -0.4 is 11.1 Å². The van der Waals surface area contributed by atoms with Crippen LogP contribution in [-0.2, 0) is 21.0 Å². The van der Waals surface area contributed by atoms with Crippen LogP contribution in [0, 0.1) is 0 Å². The number of carbonyl (C=O) groups is 1. The Labute approximate surface area is 193 Å². The van der Waals surface area contributed by atoms with Gasteiger partial charge in [0.25, 0.3) is 5.91 Å². The fourth-order valence-electron chi connectivity index (χ4n) is 3.65. The maximum Gasteiger partial charge on any atom is 0.418 e. The van der Waals surface area contributed by atoms with Crippen molar-refractivity contribution in [3.8, 4) is 0 Å². The molecule has 1 aromatic carbocycles. The van der Waals surface area contributed by atoms with E-state index >= 15 is 0 Å². The third-order valence-electron chi connectivity index (χ3n) is 5.83. The summed E-state index contributed by atoms with van der Waals surface area (Å²) in [5.41, 5.74) is 2.04. The zero-order valence-electron chi connectivity index (χ0n) is 19.0. The van der Waals surface area contributed by atoms with Gasteiger partial charge in [0.2, 0.25) is 10.0 Å². The van der Waals surface area contributed by atoms with E-state index < -0.39 is 39.0 Å². The van der Waals surface area contributed by atoms with Gasteiger partial charge in [-0.25, -0.2) is 8.42 Å². The lowest BCUT2D eigenvalue weighted by atomic mass is 9.97. The molecule has 1 unspecified atom stereocenters. The maximum absolute atomic E-state index is 13.0. The van der Waals surface area contributed by atoms with E-state index in [9.17, 15) is 31.5 Å². The lowest BCUT2D eigenvalue weighted by Gasteiger charge is -2.33. The van der Waals surface area contributed by atoms with Gasteiger partial charge in [-0.15, -0.1) is 0 Å². The van der Waals surface area contributed by atoms with Crippen LogP contribution in [0.5, 0.6) is 0 Å². The molecule has 0 aromatic heterocycles. The summed E-state index contributed by atoms with van der Waals surface area (Å²) in [6.45, 7) is 6.05. The van der Waals surface area contributed by atoms with Crippen molar-refractivity contribution in [3.63, 3.8) is 0 Å². The lowest BCUT2D eigenvalue weighted by Crippen LogP contribution is -2.49. The number of hydrogen-bond acceptors (Lipinski definition) is 6. The minimum absolute atomic E-state index is 0.0916. The first-order chi connectivity index (χ1) is 15.3. The van der Waals surface area contributed by atoms with Crippen LogP contribution in [0.2, 0.25) is 0 Å². The van der Waals surface area contributed by atoms with Gasteiger partial charge in [0, 0.05) is 37.6 Å². The molecule has 0 spiro atoms. The van der Waals surface area contributed by atoms with Gasteiger partial charge in [0.15, 0.2) is 0 Å². The summed E-state index contributed by atoms with van der Waals surface area (Å²) in [7, 11) is -3.15. The molecule has 0 bridgehead atoms. The van der Waals surface area contributed by atoms with E-state index in [2.05, 4.69) is 10.2 Å². The second-order valence-corrected chi connectivity index (χ2v) is 10.7. The summed E-state index contributed by atoms with van der Waals surface area (Å²) in [5, 5.41) is 12.8. The van der Waals surface area contributed by atoms with Gasteiger partial charge in [0.1, 0.15) is 5.60 Å². The molecule has 1 fully saturated rings. The average molecular weight is 495 g/mol. The minimum atomic E-state index is -4.65. The number of rotatable bonds is 10. The van der Waals surface area contributed by atoms with Crippen LogP contribution in [0.4, 0.5) is 24.5 Å². The van der Waals surface area contributed by atoms with Crippen LogP contribution in [0.15, 0.2) is 18.2 Å². The molecule has 0 saturated carbocycles. The highest BCUT2D eigenvalue weighted by molar-refractivity contribution is 7.89. The summed E-state index contributed by atoms with van der Waals surface area (Å²) < 4.78 is 64.3. The Morgan fingerprint density at radius 1 is 1.15 bits per heavy atom. The fraction of sp³-hybridized carbons (Fsp3) is 0.667. The number of hydrogen-bond donors (Lipinski definition) is 3. The zero-order chi connectivity index (χ0) is 24.9. The molecule has 12 heteroatoms. The van der Waals surface area contributed by atoms with Crippen molar-refractivity contribution in [1.29, 1.82) is 0 Å². The normalized spacial score (nSPS) is 18.1. The van der Waals surface area contributed by atoms with Crippen molar-refractivity contribution >= 4 is 27.3 Å². The molecule has 1 heterocycles. The quantitative estimate of drug-likeness (QED) is 0.340. The Morgan fingerprint density at radius 3 is 2.36 bits per heavy atom. The molecule has 2 rings (SSSR count). The van der Waals surface area contributed by atoms with Gasteiger partial charge in [-0.3, -0.25) is 4.79 Å². The molecular formula is C21H33F3N4O4S. The molecule has 0 radical (unpaired) electrons. The number of amides is 1. The first-order valence-electron chi connectivity index (χ1n) is 11.0. The first kappa shape index (κ1) is 27.4. The number of benzene rings is 1. The van der Waals surface area contributed by atoms with Gasteiger partial charge < -0.3 is 21.1 Å². The van der Waals surface area contributed by atoms with Gasteiger partial charge in [-0.1, -0.05) is 12.8 Å². The molecule has 33 heavy (non-hydrogen) atoms. The second kappa shape index (κ2) is 11.0. The number of piperazine rings is 1. The number of halogens is 3. The van der Waals surface area contributed by atoms with Crippen LogP contribution >= 0.6 is 0 Å². The number of nitrogen functional groups attached to an aromatic ring is 1. The first-order valence-corrected chi connectivity index (χ1v) is 12.6.